The van der Waals surface area contributed by atoms with Gasteiger partial charge in [0.1, 0.15) is 17.8 Å². The molecule has 2 heterocycles. The lowest BCUT2D eigenvalue weighted by Crippen LogP contribution is -2.76. The zero-order chi connectivity index (χ0) is 36.6. The Kier molecular flexibility index (Phi) is 11.0. The van der Waals surface area contributed by atoms with Crippen molar-refractivity contribution in [2.75, 3.05) is 20.3 Å². The molecule has 15 heteroatoms. The summed E-state index contributed by atoms with van der Waals surface area (Å²) in [6.45, 7) is 10.8. The molecular weight excluding hydrogens is 648 g/mol. The smallest absolute Gasteiger partial charge is 0.312 e. The molecule has 2 aliphatic heterocycles. The molecule has 0 aromatic rings. The van der Waals surface area contributed by atoms with Crippen LogP contribution in [0.25, 0.3) is 0 Å². The van der Waals surface area contributed by atoms with Gasteiger partial charge in [0.25, 0.3) is 0 Å². The minimum atomic E-state index is -2.33. The van der Waals surface area contributed by atoms with Crippen molar-refractivity contribution in [3.63, 3.8) is 0 Å². The topological polar surface area (TPSA) is 200 Å². The molecule has 11 atom stereocenters. The Morgan fingerprint density at radius 3 is 2.00 bits per heavy atom. The number of esters is 6. The van der Waals surface area contributed by atoms with E-state index in [1.165, 1.54) is 39.2 Å². The molecular formula is C34H46O15. The number of fused-ring (bicyclic) bond motifs is 3. The van der Waals surface area contributed by atoms with E-state index in [-0.39, 0.29) is 25.6 Å². The van der Waals surface area contributed by atoms with Gasteiger partial charge in [-0.2, -0.15) is 0 Å². The van der Waals surface area contributed by atoms with Crippen LogP contribution in [0.5, 0.6) is 0 Å². The van der Waals surface area contributed by atoms with Gasteiger partial charge in [-0.25, -0.2) is 0 Å². The van der Waals surface area contributed by atoms with Gasteiger partial charge in [0.2, 0.25) is 0 Å². The molecule has 49 heavy (non-hydrogen) atoms. The maximum atomic E-state index is 13.3. The van der Waals surface area contributed by atoms with E-state index >= 15 is 0 Å². The van der Waals surface area contributed by atoms with Crippen LogP contribution in [-0.2, 0) is 66.7 Å². The van der Waals surface area contributed by atoms with Gasteiger partial charge in [-0.05, 0) is 30.6 Å². The van der Waals surface area contributed by atoms with Crippen LogP contribution < -0.4 is 0 Å². The Morgan fingerprint density at radius 2 is 1.49 bits per heavy atom. The number of rotatable bonds is 9. The quantitative estimate of drug-likeness (QED) is 0.207. The molecule has 0 aromatic carbocycles. The van der Waals surface area contributed by atoms with Crippen LogP contribution in [0.3, 0.4) is 0 Å². The first kappa shape index (κ1) is 38.0. The van der Waals surface area contributed by atoms with Crippen LogP contribution in [0.2, 0.25) is 0 Å². The number of epoxide rings is 1. The summed E-state index contributed by atoms with van der Waals surface area (Å²) in [7, 11) is 1.42. The van der Waals surface area contributed by atoms with Crippen molar-refractivity contribution in [2.24, 2.45) is 23.2 Å². The van der Waals surface area contributed by atoms with Gasteiger partial charge in [-0.3, -0.25) is 28.8 Å². The number of ether oxygens (including phenoxy) is 8. The summed E-state index contributed by atoms with van der Waals surface area (Å²) in [4.78, 5) is 78.0. The third-order valence-corrected chi connectivity index (χ3v) is 9.66. The molecule has 1 saturated carbocycles. The molecule has 0 amide bonds. The van der Waals surface area contributed by atoms with Gasteiger partial charge in [-0.1, -0.05) is 26.8 Å². The average molecular weight is 695 g/mol. The largest absolute Gasteiger partial charge is 0.459 e. The summed E-state index contributed by atoms with van der Waals surface area (Å²) >= 11 is 0. The van der Waals surface area contributed by atoms with Crippen LogP contribution in [0.15, 0.2) is 23.8 Å². The number of carbonyl (C=O) groups excluding carboxylic acids is 6. The molecule has 272 valence electrons. The molecule has 3 fully saturated rings. The Bertz CT molecular complexity index is 1410. The van der Waals surface area contributed by atoms with E-state index in [2.05, 4.69) is 0 Å². The van der Waals surface area contributed by atoms with Crippen molar-refractivity contribution in [1.82, 2.24) is 0 Å². The average Bonchev–Trinajstić information content (AvgIpc) is 3.72. The first-order valence-electron chi connectivity index (χ1n) is 16.2. The first-order valence-corrected chi connectivity index (χ1v) is 16.2. The lowest BCUT2D eigenvalue weighted by Gasteiger charge is -2.59. The number of hydrogen-bond acceptors (Lipinski definition) is 15. The lowest BCUT2D eigenvalue weighted by molar-refractivity contribution is -0.279. The summed E-state index contributed by atoms with van der Waals surface area (Å²) in [5.41, 5.74) is -5.48. The number of methoxy groups -OCH3 is 1. The highest BCUT2D eigenvalue weighted by Gasteiger charge is 2.81. The van der Waals surface area contributed by atoms with Gasteiger partial charge in [0, 0.05) is 47.1 Å². The zero-order valence-corrected chi connectivity index (χ0v) is 29.2. The third kappa shape index (κ3) is 7.11. The zero-order valence-electron chi connectivity index (χ0n) is 29.2. The summed E-state index contributed by atoms with van der Waals surface area (Å²) in [6, 6.07) is 0. The highest BCUT2D eigenvalue weighted by Crippen LogP contribution is 2.63. The molecule has 0 bridgehead atoms. The minimum absolute atomic E-state index is 0.0510. The second-order valence-electron chi connectivity index (χ2n) is 13.8. The minimum Gasteiger partial charge on any atom is -0.459 e. The van der Waals surface area contributed by atoms with Crippen LogP contribution in [0, 0.1) is 23.2 Å². The SMILES string of the molecule is COCC1=C\[C@@H]2OC(=O)[C@H](C)[C@@]2(O)[C@@H](OC(C)=O)[C@H]2[C@@]3(CO3)[C@H](OC(=O)CC(C)C)[C@H](OC(C)=O)[C@H](OC(C)=O)[C@]2(C)[C@@H](OC(C)=O)/C=C\1. The molecule has 1 N–H and O–H groups in total. The maximum absolute atomic E-state index is 13.3. The van der Waals surface area contributed by atoms with Gasteiger partial charge in [-0.15, -0.1) is 0 Å². The number of hydrogen-bond donors (Lipinski definition) is 1. The highest BCUT2D eigenvalue weighted by atomic mass is 16.7. The molecule has 4 aliphatic rings. The van der Waals surface area contributed by atoms with Crippen molar-refractivity contribution < 1.29 is 71.8 Å². The summed E-state index contributed by atoms with van der Waals surface area (Å²) in [6.07, 6.45) is -4.77. The van der Waals surface area contributed by atoms with Crippen molar-refractivity contribution >= 4 is 35.8 Å². The second kappa shape index (κ2) is 14.2. The van der Waals surface area contributed by atoms with Gasteiger partial charge < -0.3 is 43.0 Å². The molecule has 0 radical (unpaired) electrons. The normalized spacial score (nSPS) is 39.7. The lowest BCUT2D eigenvalue weighted by atomic mass is 9.51. The van der Waals surface area contributed by atoms with Crippen LogP contribution in [-0.4, -0.2) is 109 Å². The molecule has 2 aliphatic carbocycles. The fourth-order valence-electron chi connectivity index (χ4n) is 7.61. The predicted octanol–water partition coefficient (Wildman–Crippen LogP) is 1.51. The fourth-order valence-corrected chi connectivity index (χ4v) is 7.61. The van der Waals surface area contributed by atoms with E-state index in [0.717, 1.165) is 27.7 Å². The van der Waals surface area contributed by atoms with Crippen molar-refractivity contribution in [2.45, 2.75) is 110 Å². The monoisotopic (exact) mass is 694 g/mol. The van der Waals surface area contributed by atoms with Gasteiger partial charge >= 0.3 is 35.8 Å². The number of aliphatic hydroxyl groups is 1. The van der Waals surface area contributed by atoms with Crippen LogP contribution in [0.4, 0.5) is 0 Å². The number of carbonyl (C=O) groups is 6. The van der Waals surface area contributed by atoms with Gasteiger partial charge in [0.15, 0.2) is 30.0 Å². The van der Waals surface area contributed by atoms with E-state index in [0.29, 0.717) is 5.57 Å². The third-order valence-electron chi connectivity index (χ3n) is 9.66. The second-order valence-corrected chi connectivity index (χ2v) is 13.8. The predicted molar refractivity (Wildman–Crippen MR) is 165 cm³/mol. The van der Waals surface area contributed by atoms with Gasteiger partial charge in [0.05, 0.1) is 24.5 Å². The van der Waals surface area contributed by atoms with Crippen LogP contribution in [0.1, 0.15) is 61.8 Å². The molecule has 0 aromatic heterocycles. The van der Waals surface area contributed by atoms with Crippen molar-refractivity contribution in [3.05, 3.63) is 23.8 Å². The highest BCUT2D eigenvalue weighted by molar-refractivity contribution is 5.78. The van der Waals surface area contributed by atoms with Crippen molar-refractivity contribution in [3.8, 4) is 0 Å². The van der Waals surface area contributed by atoms with E-state index in [4.69, 9.17) is 37.9 Å². The van der Waals surface area contributed by atoms with E-state index in [1.807, 2.05) is 0 Å². The Hall–Kier alpha value is -3.82. The molecule has 4 rings (SSSR count). The Labute approximate surface area is 284 Å². The summed E-state index contributed by atoms with van der Waals surface area (Å²) in [5.74, 6) is -7.69. The fraction of sp³-hybridized carbons (Fsp3) is 0.706. The van der Waals surface area contributed by atoms with E-state index in [1.54, 1.807) is 13.8 Å². The first-order chi connectivity index (χ1) is 22.8. The Balaban J connectivity index is 2.15. The molecule has 2 saturated heterocycles. The van der Waals surface area contributed by atoms with Crippen molar-refractivity contribution in [1.29, 1.82) is 0 Å². The summed E-state index contributed by atoms with van der Waals surface area (Å²) in [5, 5.41) is 12.8. The summed E-state index contributed by atoms with van der Waals surface area (Å²) < 4.78 is 46.9. The van der Waals surface area contributed by atoms with E-state index in [9.17, 15) is 33.9 Å². The van der Waals surface area contributed by atoms with Crippen LogP contribution >= 0.6 is 0 Å². The Morgan fingerprint density at radius 1 is 0.918 bits per heavy atom. The standard InChI is InChI=1S/C34H46O15/c1-16(2)12-25(39)49-29-26(45-19(5)36)28(46-20(6)37)32(8)23(44-18(4)35)11-10-22(14-42-9)13-24-34(41,17(3)31(40)48-24)30(47-21(7)38)27(32)33(29)15-43-33/h10-11,13,16-17,23-24,26-30,41H,12,14-15H2,1-9H3/b11-10-,22-13-/t17-,23-,24-,26+,27+,28-,29+,30-,32+,33-,34-/m0/s1. The molecule has 0 unspecified atom stereocenters. The molecule has 15 nitrogen and oxygen atoms in total. The maximum Gasteiger partial charge on any atom is 0.312 e. The van der Waals surface area contributed by atoms with E-state index < -0.39 is 101 Å². The molecule has 1 spiro atoms.